The molecule has 0 unspecified atom stereocenters. The average molecular weight is 304 g/mol. The van der Waals surface area contributed by atoms with Crippen LogP contribution in [0.1, 0.15) is 19.3 Å². The van der Waals surface area contributed by atoms with E-state index >= 15 is 0 Å². The van der Waals surface area contributed by atoms with E-state index in [0.717, 1.165) is 19.3 Å². The first-order valence-corrected chi connectivity index (χ1v) is 8.08. The minimum atomic E-state index is -3.50. The molecule has 0 saturated heterocycles. The molecule has 0 radical (unpaired) electrons. The largest absolute Gasteiger partial charge is 0.384 e. The highest BCUT2D eigenvalue weighted by molar-refractivity contribution is 7.89. The SMILES string of the molecule is COCC1(CNS(=O)(=O)c2cccc(Cl)c2)CCC1. The fourth-order valence-corrected chi connectivity index (χ4v) is 3.78. The number of halogens is 1. The Bertz CT molecular complexity index is 541. The van der Waals surface area contributed by atoms with Crippen LogP contribution < -0.4 is 4.72 Å². The van der Waals surface area contributed by atoms with E-state index in [1.54, 1.807) is 19.2 Å². The lowest BCUT2D eigenvalue weighted by molar-refractivity contribution is 0.0220. The molecule has 106 valence electrons. The first-order chi connectivity index (χ1) is 8.97. The predicted molar refractivity (Wildman–Crippen MR) is 74.8 cm³/mol. The first-order valence-electron chi connectivity index (χ1n) is 6.22. The highest BCUT2D eigenvalue weighted by Crippen LogP contribution is 2.40. The van der Waals surface area contributed by atoms with Crippen LogP contribution in [0.4, 0.5) is 0 Å². The molecule has 0 aliphatic heterocycles. The summed E-state index contributed by atoms with van der Waals surface area (Å²) in [7, 11) is -1.86. The lowest BCUT2D eigenvalue weighted by atomic mass is 9.69. The molecule has 4 nitrogen and oxygen atoms in total. The molecule has 0 atom stereocenters. The van der Waals surface area contributed by atoms with Crippen LogP contribution in [-0.2, 0) is 14.8 Å². The van der Waals surface area contributed by atoms with E-state index < -0.39 is 10.0 Å². The van der Waals surface area contributed by atoms with Gasteiger partial charge in [-0.25, -0.2) is 13.1 Å². The summed E-state index contributed by atoms with van der Waals surface area (Å²) in [6.45, 7) is 1.00. The summed E-state index contributed by atoms with van der Waals surface area (Å²) in [5.41, 5.74) is -0.0413. The van der Waals surface area contributed by atoms with Gasteiger partial charge in [-0.15, -0.1) is 0 Å². The zero-order valence-electron chi connectivity index (χ0n) is 10.9. The van der Waals surface area contributed by atoms with Crippen LogP contribution in [-0.4, -0.2) is 28.7 Å². The highest BCUT2D eigenvalue weighted by atomic mass is 35.5. The number of hydrogen-bond donors (Lipinski definition) is 1. The maximum absolute atomic E-state index is 12.2. The molecule has 1 aromatic carbocycles. The van der Waals surface area contributed by atoms with Gasteiger partial charge in [0.2, 0.25) is 10.0 Å². The van der Waals surface area contributed by atoms with E-state index in [4.69, 9.17) is 16.3 Å². The Morgan fingerprint density at radius 2 is 2.16 bits per heavy atom. The predicted octanol–water partition coefficient (Wildman–Crippen LogP) is 2.44. The molecular weight excluding hydrogens is 286 g/mol. The Kier molecular flexibility index (Phi) is 4.50. The van der Waals surface area contributed by atoms with Gasteiger partial charge in [-0.1, -0.05) is 24.1 Å². The molecule has 0 aromatic heterocycles. The van der Waals surface area contributed by atoms with Gasteiger partial charge in [0, 0.05) is 24.1 Å². The average Bonchev–Trinajstić information content (AvgIpc) is 2.32. The van der Waals surface area contributed by atoms with Crippen LogP contribution in [0, 0.1) is 5.41 Å². The number of methoxy groups -OCH3 is 1. The van der Waals surface area contributed by atoms with Gasteiger partial charge in [-0.05, 0) is 31.0 Å². The number of benzene rings is 1. The number of sulfonamides is 1. The normalized spacial score (nSPS) is 18.0. The van der Waals surface area contributed by atoms with Gasteiger partial charge in [0.15, 0.2) is 0 Å². The Morgan fingerprint density at radius 3 is 2.68 bits per heavy atom. The molecule has 1 aliphatic rings. The van der Waals surface area contributed by atoms with Crippen molar-refractivity contribution in [3.8, 4) is 0 Å². The molecule has 1 aromatic rings. The van der Waals surface area contributed by atoms with Crippen molar-refractivity contribution < 1.29 is 13.2 Å². The van der Waals surface area contributed by atoms with Crippen molar-refractivity contribution in [2.24, 2.45) is 5.41 Å². The molecule has 19 heavy (non-hydrogen) atoms. The quantitative estimate of drug-likeness (QED) is 0.878. The standard InChI is InChI=1S/C13H18ClNO3S/c1-18-10-13(6-3-7-13)9-15-19(16,17)12-5-2-4-11(14)8-12/h2,4-5,8,15H,3,6-7,9-10H2,1H3. The molecule has 1 saturated carbocycles. The van der Waals surface area contributed by atoms with Gasteiger partial charge >= 0.3 is 0 Å². The number of nitrogens with one attached hydrogen (secondary N) is 1. The maximum atomic E-state index is 12.2. The number of hydrogen-bond acceptors (Lipinski definition) is 3. The van der Waals surface area contributed by atoms with Crippen LogP contribution in [0.3, 0.4) is 0 Å². The zero-order chi connectivity index (χ0) is 13.9. The van der Waals surface area contributed by atoms with Crippen LogP contribution in [0.25, 0.3) is 0 Å². The second kappa shape index (κ2) is 5.79. The molecular formula is C13H18ClNO3S. The molecule has 1 N–H and O–H groups in total. The summed E-state index contributed by atoms with van der Waals surface area (Å²) in [5.74, 6) is 0. The zero-order valence-corrected chi connectivity index (χ0v) is 12.4. The minimum Gasteiger partial charge on any atom is -0.384 e. The molecule has 2 rings (SSSR count). The minimum absolute atomic E-state index is 0.0413. The van der Waals surface area contributed by atoms with Gasteiger partial charge in [-0.3, -0.25) is 0 Å². The van der Waals surface area contributed by atoms with E-state index in [1.165, 1.54) is 12.1 Å². The van der Waals surface area contributed by atoms with E-state index in [2.05, 4.69) is 4.72 Å². The summed E-state index contributed by atoms with van der Waals surface area (Å²) in [4.78, 5) is 0.201. The van der Waals surface area contributed by atoms with E-state index in [0.29, 0.717) is 18.2 Å². The van der Waals surface area contributed by atoms with Crippen LogP contribution >= 0.6 is 11.6 Å². The Hall–Kier alpha value is -0.620. The Labute approximate surface area is 119 Å². The fourth-order valence-electron chi connectivity index (χ4n) is 2.32. The molecule has 0 heterocycles. The van der Waals surface area contributed by atoms with Gasteiger partial charge in [0.1, 0.15) is 0 Å². The van der Waals surface area contributed by atoms with Crippen molar-refractivity contribution in [3.63, 3.8) is 0 Å². The molecule has 0 spiro atoms. The van der Waals surface area contributed by atoms with Gasteiger partial charge in [-0.2, -0.15) is 0 Å². The monoisotopic (exact) mass is 303 g/mol. The third kappa shape index (κ3) is 3.48. The third-order valence-corrected chi connectivity index (χ3v) is 5.24. The van der Waals surface area contributed by atoms with E-state index in [-0.39, 0.29) is 10.3 Å². The number of ether oxygens (including phenoxy) is 1. The van der Waals surface area contributed by atoms with E-state index in [9.17, 15) is 8.42 Å². The first kappa shape index (κ1) is 14.8. The summed E-state index contributed by atoms with van der Waals surface area (Å²) in [5, 5.41) is 0.415. The van der Waals surface area contributed by atoms with Crippen molar-refractivity contribution in [1.29, 1.82) is 0 Å². The van der Waals surface area contributed by atoms with Gasteiger partial charge in [0.25, 0.3) is 0 Å². The van der Waals surface area contributed by atoms with Crippen molar-refractivity contribution in [1.82, 2.24) is 4.72 Å². The van der Waals surface area contributed by atoms with Crippen LogP contribution in [0.2, 0.25) is 5.02 Å². The highest BCUT2D eigenvalue weighted by Gasteiger charge is 2.38. The van der Waals surface area contributed by atoms with Gasteiger partial charge in [0.05, 0.1) is 11.5 Å². The van der Waals surface area contributed by atoms with Crippen molar-refractivity contribution >= 4 is 21.6 Å². The summed E-state index contributed by atoms with van der Waals surface area (Å²) in [6.07, 6.45) is 3.13. The summed E-state index contributed by atoms with van der Waals surface area (Å²) < 4.78 is 32.2. The maximum Gasteiger partial charge on any atom is 0.240 e. The topological polar surface area (TPSA) is 55.4 Å². The van der Waals surface area contributed by atoms with Gasteiger partial charge < -0.3 is 4.74 Å². The van der Waals surface area contributed by atoms with Crippen LogP contribution in [0.5, 0.6) is 0 Å². The lowest BCUT2D eigenvalue weighted by Crippen LogP contribution is -2.45. The van der Waals surface area contributed by atoms with Crippen molar-refractivity contribution in [3.05, 3.63) is 29.3 Å². The second-order valence-electron chi connectivity index (χ2n) is 5.07. The lowest BCUT2D eigenvalue weighted by Gasteiger charge is -2.41. The summed E-state index contributed by atoms with van der Waals surface area (Å²) >= 11 is 5.82. The second-order valence-corrected chi connectivity index (χ2v) is 7.27. The Morgan fingerprint density at radius 1 is 1.42 bits per heavy atom. The molecule has 0 amide bonds. The van der Waals surface area contributed by atoms with Crippen LogP contribution in [0.15, 0.2) is 29.2 Å². The van der Waals surface area contributed by atoms with Crippen molar-refractivity contribution in [2.45, 2.75) is 24.2 Å². The Balaban J connectivity index is 2.05. The van der Waals surface area contributed by atoms with Crippen molar-refractivity contribution in [2.75, 3.05) is 20.3 Å². The third-order valence-electron chi connectivity index (χ3n) is 3.61. The number of rotatable bonds is 6. The fraction of sp³-hybridized carbons (Fsp3) is 0.538. The molecule has 0 bridgehead atoms. The molecule has 6 heteroatoms. The molecule has 1 fully saturated rings. The van der Waals surface area contributed by atoms with E-state index in [1.807, 2.05) is 0 Å². The smallest absolute Gasteiger partial charge is 0.240 e. The summed E-state index contributed by atoms with van der Waals surface area (Å²) in [6, 6.07) is 6.27. The molecule has 1 aliphatic carbocycles.